The lowest BCUT2D eigenvalue weighted by molar-refractivity contribution is -0.147. The van der Waals surface area contributed by atoms with Crippen LogP contribution in [0.3, 0.4) is 0 Å². The lowest BCUT2D eigenvalue weighted by Gasteiger charge is -2.33. The van der Waals surface area contributed by atoms with E-state index in [1.165, 1.54) is 0 Å². The number of carbonyl (C=O) groups excluding carboxylic acids is 2. The molecule has 3 amide bonds. The molecule has 25 heavy (non-hydrogen) atoms. The fourth-order valence-corrected chi connectivity index (χ4v) is 3.75. The highest BCUT2D eigenvalue weighted by atomic mass is 35.5. The molecule has 1 aromatic rings. The number of carbonyl (C=O) groups is 3. The van der Waals surface area contributed by atoms with Crippen LogP contribution >= 0.6 is 23.4 Å². The minimum Gasteiger partial charge on any atom is -0.480 e. The van der Waals surface area contributed by atoms with Crippen molar-refractivity contribution in [1.82, 2.24) is 16.0 Å². The smallest absolute Gasteiger partial charge is 0.329 e. The molecule has 7 nitrogen and oxygen atoms in total. The van der Waals surface area contributed by atoms with Gasteiger partial charge in [-0.3, -0.25) is 4.79 Å². The Morgan fingerprint density at radius 3 is 2.36 bits per heavy atom. The van der Waals surface area contributed by atoms with Crippen molar-refractivity contribution in [3.8, 4) is 0 Å². The normalized spacial score (nSPS) is 15.9. The molecule has 136 valence electrons. The summed E-state index contributed by atoms with van der Waals surface area (Å²) >= 11 is 7.45. The van der Waals surface area contributed by atoms with Crippen LogP contribution < -0.4 is 16.0 Å². The maximum absolute atomic E-state index is 12.0. The molecule has 0 unspecified atom stereocenters. The Hall–Kier alpha value is -1.93. The van der Waals surface area contributed by atoms with Gasteiger partial charge in [-0.05, 0) is 42.0 Å². The molecular formula is C16H20ClN3O4S. The second kappa shape index (κ2) is 8.96. The van der Waals surface area contributed by atoms with Crippen LogP contribution in [0.15, 0.2) is 24.3 Å². The van der Waals surface area contributed by atoms with Crippen molar-refractivity contribution in [3.63, 3.8) is 0 Å². The average Bonchev–Trinajstić information content (AvgIpc) is 2.60. The second-order valence-corrected chi connectivity index (χ2v) is 7.37. The highest BCUT2D eigenvalue weighted by molar-refractivity contribution is 7.99. The fourth-order valence-electron chi connectivity index (χ4n) is 2.43. The number of carboxylic acid groups (broad SMARTS) is 1. The molecule has 1 aromatic carbocycles. The Morgan fingerprint density at radius 2 is 1.76 bits per heavy atom. The van der Waals surface area contributed by atoms with Gasteiger partial charge in [0.05, 0.1) is 6.54 Å². The van der Waals surface area contributed by atoms with Crippen molar-refractivity contribution in [1.29, 1.82) is 0 Å². The van der Waals surface area contributed by atoms with Gasteiger partial charge in [0, 0.05) is 11.6 Å². The average molecular weight is 386 g/mol. The molecule has 1 aliphatic heterocycles. The Labute approximate surface area is 154 Å². The van der Waals surface area contributed by atoms with E-state index in [9.17, 15) is 19.5 Å². The number of urea groups is 1. The molecule has 0 atom stereocenters. The number of benzene rings is 1. The van der Waals surface area contributed by atoms with Gasteiger partial charge < -0.3 is 21.1 Å². The van der Waals surface area contributed by atoms with Gasteiger partial charge in [-0.25, -0.2) is 9.59 Å². The summed E-state index contributed by atoms with van der Waals surface area (Å²) in [7, 11) is 0. The van der Waals surface area contributed by atoms with E-state index in [0.717, 1.165) is 5.56 Å². The third kappa shape index (κ3) is 5.82. The summed E-state index contributed by atoms with van der Waals surface area (Å²) in [5, 5.41) is 17.6. The maximum atomic E-state index is 12.0. The van der Waals surface area contributed by atoms with Gasteiger partial charge >= 0.3 is 12.0 Å². The van der Waals surface area contributed by atoms with E-state index in [1.54, 1.807) is 36.0 Å². The van der Waals surface area contributed by atoms with Crippen LogP contribution in [0.1, 0.15) is 18.4 Å². The van der Waals surface area contributed by atoms with Gasteiger partial charge in [0.2, 0.25) is 5.91 Å². The summed E-state index contributed by atoms with van der Waals surface area (Å²) in [5.41, 5.74) is -0.363. The Morgan fingerprint density at radius 1 is 1.12 bits per heavy atom. The van der Waals surface area contributed by atoms with Crippen LogP contribution in [0.25, 0.3) is 0 Å². The minimum atomic E-state index is -1.23. The molecule has 0 aliphatic carbocycles. The van der Waals surface area contributed by atoms with Crippen molar-refractivity contribution in [3.05, 3.63) is 34.9 Å². The molecule has 0 saturated carbocycles. The summed E-state index contributed by atoms with van der Waals surface area (Å²) < 4.78 is 0. The predicted molar refractivity (Wildman–Crippen MR) is 96.8 cm³/mol. The second-order valence-electron chi connectivity index (χ2n) is 5.71. The monoisotopic (exact) mass is 385 g/mol. The van der Waals surface area contributed by atoms with Crippen LogP contribution in [0, 0.1) is 0 Å². The molecule has 2 rings (SSSR count). The first kappa shape index (κ1) is 19.4. The van der Waals surface area contributed by atoms with Gasteiger partial charge in [0.15, 0.2) is 0 Å². The van der Waals surface area contributed by atoms with Gasteiger partial charge in [-0.15, -0.1) is 0 Å². The predicted octanol–water partition coefficient (Wildman–Crippen LogP) is 1.61. The molecular weight excluding hydrogens is 366 g/mol. The SMILES string of the molecule is O=C(CNC(=O)NCc1ccc(Cl)cc1)NC1(C(=O)O)CCSCC1. The van der Waals surface area contributed by atoms with Gasteiger partial charge in [0.1, 0.15) is 5.54 Å². The summed E-state index contributed by atoms with van der Waals surface area (Å²) in [5.74, 6) is -0.187. The zero-order chi connectivity index (χ0) is 18.3. The van der Waals surface area contributed by atoms with Crippen molar-refractivity contribution >= 4 is 41.3 Å². The van der Waals surface area contributed by atoms with E-state index in [4.69, 9.17) is 11.6 Å². The van der Waals surface area contributed by atoms with E-state index < -0.39 is 23.4 Å². The van der Waals surface area contributed by atoms with Gasteiger partial charge in [0.25, 0.3) is 0 Å². The molecule has 0 radical (unpaired) electrons. The standard InChI is InChI=1S/C16H20ClN3O4S/c17-12-3-1-11(2-4-12)9-18-15(24)19-10-13(21)20-16(14(22)23)5-7-25-8-6-16/h1-4H,5-10H2,(H,20,21)(H,22,23)(H2,18,19,24). The Kier molecular flexibility index (Phi) is 6.95. The van der Waals surface area contributed by atoms with Crippen molar-refractivity contribution < 1.29 is 19.5 Å². The van der Waals surface area contributed by atoms with E-state index in [0.29, 0.717) is 35.9 Å². The molecule has 1 heterocycles. The van der Waals surface area contributed by atoms with Crippen LogP contribution in [0.5, 0.6) is 0 Å². The number of hydrogen-bond donors (Lipinski definition) is 4. The van der Waals surface area contributed by atoms with Crippen molar-refractivity contribution in [2.45, 2.75) is 24.9 Å². The molecule has 1 saturated heterocycles. The largest absolute Gasteiger partial charge is 0.480 e. The molecule has 4 N–H and O–H groups in total. The topological polar surface area (TPSA) is 108 Å². The molecule has 9 heteroatoms. The zero-order valence-corrected chi connectivity index (χ0v) is 15.1. The maximum Gasteiger partial charge on any atom is 0.329 e. The molecule has 1 aliphatic rings. The molecule has 1 fully saturated rings. The number of nitrogens with one attached hydrogen (secondary N) is 3. The summed E-state index contributed by atoms with van der Waals surface area (Å²) in [6, 6.07) is 6.50. The summed E-state index contributed by atoms with van der Waals surface area (Å²) in [6.45, 7) is 0.00946. The molecule has 0 spiro atoms. The number of carboxylic acids is 1. The molecule has 0 bridgehead atoms. The number of halogens is 1. The Bertz CT molecular complexity index is 633. The third-order valence-electron chi connectivity index (χ3n) is 3.91. The zero-order valence-electron chi connectivity index (χ0n) is 13.5. The first-order valence-electron chi connectivity index (χ1n) is 7.79. The van der Waals surface area contributed by atoms with Crippen LogP contribution in [-0.2, 0) is 16.1 Å². The fraction of sp³-hybridized carbons (Fsp3) is 0.438. The van der Waals surface area contributed by atoms with Crippen LogP contribution in [-0.4, -0.2) is 46.6 Å². The van der Waals surface area contributed by atoms with Gasteiger partial charge in [-0.2, -0.15) is 11.8 Å². The first-order chi connectivity index (χ1) is 11.9. The molecule has 0 aromatic heterocycles. The van der Waals surface area contributed by atoms with Gasteiger partial charge in [-0.1, -0.05) is 23.7 Å². The van der Waals surface area contributed by atoms with E-state index in [1.807, 2.05) is 0 Å². The summed E-state index contributed by atoms with van der Waals surface area (Å²) in [6.07, 6.45) is 0.753. The highest BCUT2D eigenvalue weighted by Gasteiger charge is 2.41. The number of hydrogen-bond acceptors (Lipinski definition) is 4. The highest BCUT2D eigenvalue weighted by Crippen LogP contribution is 2.27. The van der Waals surface area contributed by atoms with Crippen molar-refractivity contribution in [2.24, 2.45) is 0 Å². The van der Waals surface area contributed by atoms with E-state index in [2.05, 4.69) is 16.0 Å². The van der Waals surface area contributed by atoms with Crippen LogP contribution in [0.4, 0.5) is 4.79 Å². The quantitative estimate of drug-likeness (QED) is 0.595. The van der Waals surface area contributed by atoms with E-state index in [-0.39, 0.29) is 6.54 Å². The van der Waals surface area contributed by atoms with E-state index >= 15 is 0 Å². The summed E-state index contributed by atoms with van der Waals surface area (Å²) in [4.78, 5) is 35.2. The number of aliphatic carboxylic acids is 1. The number of rotatable bonds is 6. The lowest BCUT2D eigenvalue weighted by atomic mass is 9.92. The van der Waals surface area contributed by atoms with Crippen LogP contribution in [0.2, 0.25) is 5.02 Å². The van der Waals surface area contributed by atoms with Crippen molar-refractivity contribution in [2.75, 3.05) is 18.1 Å². The first-order valence-corrected chi connectivity index (χ1v) is 9.33. The number of thioether (sulfide) groups is 1. The lowest BCUT2D eigenvalue weighted by Crippen LogP contribution is -2.58. The number of amides is 3. The minimum absolute atomic E-state index is 0.283. The Balaban J connectivity index is 1.75. The third-order valence-corrected chi connectivity index (χ3v) is 5.15.